The summed E-state index contributed by atoms with van der Waals surface area (Å²) in [6.45, 7) is 2.07. The molecule has 0 saturated heterocycles. The highest BCUT2D eigenvalue weighted by molar-refractivity contribution is 9.10. The van der Waals surface area contributed by atoms with Gasteiger partial charge in [0, 0.05) is 21.2 Å². The maximum absolute atomic E-state index is 5.94. The number of aryl methyl sites for hydroxylation is 1. The smallest absolute Gasteiger partial charge is 0.0867 e. The second-order valence-electron chi connectivity index (χ2n) is 3.19. The highest BCUT2D eigenvalue weighted by Crippen LogP contribution is 2.26. The lowest BCUT2D eigenvalue weighted by Crippen LogP contribution is -1.94. The molecule has 2 rings (SSSR count). The van der Waals surface area contributed by atoms with E-state index in [2.05, 4.69) is 27.8 Å². The van der Waals surface area contributed by atoms with Gasteiger partial charge < -0.3 is 5.73 Å². The molecule has 2 aromatic rings. The van der Waals surface area contributed by atoms with Crippen molar-refractivity contribution in [3.8, 4) is 0 Å². The first-order chi connectivity index (χ1) is 6.72. The van der Waals surface area contributed by atoms with Gasteiger partial charge in [0.05, 0.1) is 5.52 Å². The Bertz CT molecular complexity index is 480. The van der Waals surface area contributed by atoms with E-state index in [4.69, 9.17) is 5.73 Å². The first-order valence-corrected chi connectivity index (χ1v) is 5.35. The molecule has 0 aliphatic rings. The maximum atomic E-state index is 5.94. The lowest BCUT2D eigenvalue weighted by molar-refractivity contribution is 1.06. The molecule has 72 valence electrons. The molecular formula is C11H11BrN2. The third-order valence-corrected chi connectivity index (χ3v) is 2.88. The van der Waals surface area contributed by atoms with Gasteiger partial charge in [0.1, 0.15) is 0 Å². The topological polar surface area (TPSA) is 38.9 Å². The predicted molar refractivity (Wildman–Crippen MR) is 63.2 cm³/mol. The summed E-state index contributed by atoms with van der Waals surface area (Å²) in [5, 5.41) is 1.01. The maximum Gasteiger partial charge on any atom is 0.0867 e. The summed E-state index contributed by atoms with van der Waals surface area (Å²) in [6.07, 6.45) is 0.904. The van der Waals surface area contributed by atoms with Crippen molar-refractivity contribution in [2.45, 2.75) is 13.3 Å². The van der Waals surface area contributed by atoms with Crippen LogP contribution in [-0.4, -0.2) is 4.98 Å². The molecule has 2 nitrogen and oxygen atoms in total. The number of hydrogen-bond donors (Lipinski definition) is 1. The lowest BCUT2D eigenvalue weighted by atomic mass is 10.1. The van der Waals surface area contributed by atoms with Gasteiger partial charge in [-0.15, -0.1) is 0 Å². The molecule has 0 aliphatic heterocycles. The van der Waals surface area contributed by atoms with Crippen molar-refractivity contribution >= 4 is 32.5 Å². The summed E-state index contributed by atoms with van der Waals surface area (Å²) >= 11 is 3.48. The second-order valence-corrected chi connectivity index (χ2v) is 4.05. The van der Waals surface area contributed by atoms with E-state index < -0.39 is 0 Å². The van der Waals surface area contributed by atoms with Crippen LogP contribution >= 0.6 is 15.9 Å². The predicted octanol–water partition coefficient (Wildman–Crippen LogP) is 3.14. The van der Waals surface area contributed by atoms with Gasteiger partial charge in [-0.05, 0) is 34.5 Å². The molecule has 0 aliphatic carbocycles. The fourth-order valence-corrected chi connectivity index (χ4v) is 1.93. The zero-order chi connectivity index (χ0) is 10.1. The van der Waals surface area contributed by atoms with Crippen LogP contribution in [0.1, 0.15) is 12.6 Å². The lowest BCUT2D eigenvalue weighted by Gasteiger charge is -2.05. The van der Waals surface area contributed by atoms with Crippen molar-refractivity contribution in [2.24, 2.45) is 0 Å². The fraction of sp³-hybridized carbons (Fsp3) is 0.182. The van der Waals surface area contributed by atoms with E-state index in [0.717, 1.165) is 33.2 Å². The Balaban J connectivity index is 2.83. The molecule has 2 N–H and O–H groups in total. The largest absolute Gasteiger partial charge is 0.398 e. The average molecular weight is 251 g/mol. The number of halogens is 1. The third-order valence-electron chi connectivity index (χ3n) is 2.24. The minimum absolute atomic E-state index is 0.799. The van der Waals surface area contributed by atoms with E-state index in [1.165, 1.54) is 0 Å². The van der Waals surface area contributed by atoms with Crippen molar-refractivity contribution in [3.63, 3.8) is 0 Å². The molecule has 0 atom stereocenters. The summed E-state index contributed by atoms with van der Waals surface area (Å²) in [5.74, 6) is 0. The van der Waals surface area contributed by atoms with E-state index >= 15 is 0 Å². The van der Waals surface area contributed by atoms with Crippen LogP contribution in [0.4, 0.5) is 5.69 Å². The Morgan fingerprint density at radius 3 is 2.93 bits per heavy atom. The molecule has 0 saturated carbocycles. The molecule has 0 radical (unpaired) electrons. The number of hydrogen-bond acceptors (Lipinski definition) is 2. The van der Waals surface area contributed by atoms with Crippen molar-refractivity contribution in [3.05, 3.63) is 34.4 Å². The Labute approximate surface area is 91.3 Å². The summed E-state index contributed by atoms with van der Waals surface area (Å²) in [5.41, 5.74) is 8.72. The Morgan fingerprint density at radius 1 is 1.43 bits per heavy atom. The van der Waals surface area contributed by atoms with Gasteiger partial charge in [0.25, 0.3) is 0 Å². The number of nitrogens with zero attached hydrogens (tertiary/aromatic N) is 1. The van der Waals surface area contributed by atoms with Crippen LogP contribution in [-0.2, 0) is 6.42 Å². The van der Waals surface area contributed by atoms with Crippen LogP contribution in [0, 0.1) is 0 Å². The SMILES string of the molecule is CCc1cc(N)c2cccc(Br)c2n1. The van der Waals surface area contributed by atoms with Crippen molar-refractivity contribution in [2.75, 3.05) is 5.73 Å². The third kappa shape index (κ3) is 1.48. The first-order valence-electron chi connectivity index (χ1n) is 4.56. The Kier molecular flexibility index (Phi) is 2.42. The van der Waals surface area contributed by atoms with Crippen LogP contribution in [0.2, 0.25) is 0 Å². The molecule has 1 aromatic heterocycles. The van der Waals surface area contributed by atoms with Crippen molar-refractivity contribution < 1.29 is 0 Å². The van der Waals surface area contributed by atoms with Gasteiger partial charge in [-0.2, -0.15) is 0 Å². The minimum Gasteiger partial charge on any atom is -0.398 e. The summed E-state index contributed by atoms with van der Waals surface area (Å²) in [6, 6.07) is 7.88. The summed E-state index contributed by atoms with van der Waals surface area (Å²) in [4.78, 5) is 4.53. The molecule has 0 bridgehead atoms. The molecule has 1 aromatic carbocycles. The van der Waals surface area contributed by atoms with Crippen molar-refractivity contribution in [1.29, 1.82) is 0 Å². The molecule has 0 unspecified atom stereocenters. The Morgan fingerprint density at radius 2 is 2.21 bits per heavy atom. The first kappa shape index (κ1) is 9.46. The number of fused-ring (bicyclic) bond motifs is 1. The normalized spacial score (nSPS) is 10.7. The zero-order valence-electron chi connectivity index (χ0n) is 7.92. The number of anilines is 1. The van der Waals surface area contributed by atoms with E-state index in [0.29, 0.717) is 0 Å². The van der Waals surface area contributed by atoms with Gasteiger partial charge in [-0.1, -0.05) is 19.1 Å². The van der Waals surface area contributed by atoms with Gasteiger partial charge in [-0.3, -0.25) is 4.98 Å². The van der Waals surface area contributed by atoms with Crippen LogP contribution in [0.5, 0.6) is 0 Å². The van der Waals surface area contributed by atoms with Gasteiger partial charge in [0.15, 0.2) is 0 Å². The Hall–Kier alpha value is -1.09. The number of para-hydroxylation sites is 1. The average Bonchev–Trinajstić information content (AvgIpc) is 2.19. The highest BCUT2D eigenvalue weighted by Gasteiger charge is 2.04. The van der Waals surface area contributed by atoms with Crippen LogP contribution in [0.25, 0.3) is 10.9 Å². The number of aromatic nitrogens is 1. The van der Waals surface area contributed by atoms with Crippen LogP contribution in [0.15, 0.2) is 28.7 Å². The molecule has 0 fully saturated rings. The zero-order valence-corrected chi connectivity index (χ0v) is 9.51. The van der Waals surface area contributed by atoms with Gasteiger partial charge >= 0.3 is 0 Å². The molecular weight excluding hydrogens is 240 g/mol. The standard InChI is InChI=1S/C11H11BrN2/c1-2-7-6-10(13)8-4-3-5-9(12)11(8)14-7/h3-6H,2H2,1H3,(H2,13,14). The molecule has 3 heteroatoms. The highest BCUT2D eigenvalue weighted by atomic mass is 79.9. The number of nitrogen functional groups attached to an aromatic ring is 1. The number of benzene rings is 1. The van der Waals surface area contributed by atoms with E-state index in [-0.39, 0.29) is 0 Å². The monoisotopic (exact) mass is 250 g/mol. The molecule has 1 heterocycles. The van der Waals surface area contributed by atoms with E-state index in [1.54, 1.807) is 0 Å². The number of rotatable bonds is 1. The summed E-state index contributed by atoms with van der Waals surface area (Å²) < 4.78 is 0.997. The molecule has 14 heavy (non-hydrogen) atoms. The van der Waals surface area contributed by atoms with Crippen LogP contribution in [0.3, 0.4) is 0 Å². The second kappa shape index (κ2) is 3.58. The molecule has 0 spiro atoms. The quantitative estimate of drug-likeness (QED) is 0.845. The number of pyridine rings is 1. The number of nitrogens with two attached hydrogens (primary N) is 1. The van der Waals surface area contributed by atoms with Gasteiger partial charge in [0.2, 0.25) is 0 Å². The van der Waals surface area contributed by atoms with Crippen molar-refractivity contribution in [1.82, 2.24) is 4.98 Å². The van der Waals surface area contributed by atoms with E-state index in [9.17, 15) is 0 Å². The minimum atomic E-state index is 0.799. The van der Waals surface area contributed by atoms with Gasteiger partial charge in [-0.25, -0.2) is 0 Å². The fourth-order valence-electron chi connectivity index (χ4n) is 1.48. The van der Waals surface area contributed by atoms with Crippen LogP contribution < -0.4 is 5.73 Å². The summed E-state index contributed by atoms with van der Waals surface area (Å²) in [7, 11) is 0. The molecule has 0 amide bonds. The van der Waals surface area contributed by atoms with E-state index in [1.807, 2.05) is 24.3 Å².